The fraction of sp³-hybridized carbons (Fsp3) is 0.158. The fourth-order valence-electron chi connectivity index (χ4n) is 2.42. The molecule has 1 amide bonds. The molecule has 0 aliphatic heterocycles. The lowest BCUT2D eigenvalue weighted by Crippen LogP contribution is -2.32. The van der Waals surface area contributed by atoms with E-state index in [4.69, 9.17) is 27.9 Å². The lowest BCUT2D eigenvalue weighted by molar-refractivity contribution is -0.124. The van der Waals surface area contributed by atoms with Gasteiger partial charge in [-0.2, -0.15) is 0 Å². The SMILES string of the molecule is CCC(OC(=O)c1cnc2ccccc2n1)C(=O)Nc1cc(Cl)cc(Cl)c1. The van der Waals surface area contributed by atoms with Crippen LogP contribution in [0.15, 0.2) is 48.7 Å². The van der Waals surface area contributed by atoms with E-state index in [1.165, 1.54) is 6.20 Å². The van der Waals surface area contributed by atoms with Gasteiger partial charge in [0.15, 0.2) is 11.8 Å². The van der Waals surface area contributed by atoms with Gasteiger partial charge in [-0.3, -0.25) is 9.78 Å². The first-order valence-corrected chi connectivity index (χ1v) is 8.91. The number of nitrogens with zero attached hydrogens (tertiary/aromatic N) is 2. The van der Waals surface area contributed by atoms with Crippen molar-refractivity contribution >= 4 is 51.8 Å². The molecule has 3 aromatic rings. The van der Waals surface area contributed by atoms with Crippen LogP contribution in [-0.4, -0.2) is 27.9 Å². The maximum absolute atomic E-state index is 12.4. The van der Waals surface area contributed by atoms with Gasteiger partial charge in [0.25, 0.3) is 5.91 Å². The predicted molar refractivity (Wildman–Crippen MR) is 104 cm³/mol. The second kappa shape index (κ2) is 8.33. The van der Waals surface area contributed by atoms with E-state index >= 15 is 0 Å². The third kappa shape index (κ3) is 4.72. The van der Waals surface area contributed by atoms with Crippen LogP contribution in [0, 0.1) is 0 Å². The lowest BCUT2D eigenvalue weighted by atomic mass is 10.2. The van der Waals surface area contributed by atoms with Crippen molar-refractivity contribution in [3.63, 3.8) is 0 Å². The number of aromatic nitrogens is 2. The molecule has 3 rings (SSSR count). The molecular formula is C19H15Cl2N3O3. The van der Waals surface area contributed by atoms with Crippen molar-refractivity contribution in [3.05, 3.63) is 64.4 Å². The van der Waals surface area contributed by atoms with Crippen LogP contribution in [0.1, 0.15) is 23.8 Å². The number of anilines is 1. The number of carbonyl (C=O) groups excluding carboxylic acids is 2. The van der Waals surface area contributed by atoms with Gasteiger partial charge in [-0.1, -0.05) is 42.3 Å². The number of hydrogen-bond acceptors (Lipinski definition) is 5. The molecule has 6 nitrogen and oxygen atoms in total. The Bertz CT molecular complexity index is 990. The van der Waals surface area contributed by atoms with Crippen LogP contribution in [-0.2, 0) is 9.53 Å². The van der Waals surface area contributed by atoms with E-state index in [0.717, 1.165) is 0 Å². The van der Waals surface area contributed by atoms with Gasteiger partial charge in [0.1, 0.15) is 0 Å². The lowest BCUT2D eigenvalue weighted by Gasteiger charge is -2.16. The van der Waals surface area contributed by atoms with E-state index in [1.807, 2.05) is 6.07 Å². The summed E-state index contributed by atoms with van der Waals surface area (Å²) in [5.74, 6) is -1.21. The summed E-state index contributed by atoms with van der Waals surface area (Å²) >= 11 is 11.8. The highest BCUT2D eigenvalue weighted by atomic mass is 35.5. The van der Waals surface area contributed by atoms with Crippen LogP contribution >= 0.6 is 23.2 Å². The number of benzene rings is 2. The average molecular weight is 404 g/mol. The summed E-state index contributed by atoms with van der Waals surface area (Å²) < 4.78 is 5.31. The molecule has 1 atom stereocenters. The predicted octanol–water partition coefficient (Wildman–Crippen LogP) is 4.51. The van der Waals surface area contributed by atoms with Crippen LogP contribution in [0.5, 0.6) is 0 Å². The second-order valence-electron chi connectivity index (χ2n) is 5.69. The summed E-state index contributed by atoms with van der Waals surface area (Å²) in [5.41, 5.74) is 1.68. The minimum Gasteiger partial charge on any atom is -0.447 e. The molecule has 138 valence electrons. The molecule has 27 heavy (non-hydrogen) atoms. The maximum Gasteiger partial charge on any atom is 0.359 e. The van der Waals surface area contributed by atoms with Crippen LogP contribution in [0.2, 0.25) is 10.0 Å². The number of carbonyl (C=O) groups is 2. The monoisotopic (exact) mass is 403 g/mol. The summed E-state index contributed by atoms with van der Waals surface area (Å²) in [6.07, 6.45) is 0.613. The largest absolute Gasteiger partial charge is 0.447 e. The van der Waals surface area contributed by atoms with Crippen LogP contribution in [0.25, 0.3) is 11.0 Å². The molecule has 1 N–H and O–H groups in total. The number of nitrogens with one attached hydrogen (secondary N) is 1. The van der Waals surface area contributed by atoms with Gasteiger partial charge in [0, 0.05) is 15.7 Å². The molecular weight excluding hydrogens is 389 g/mol. The molecule has 0 fully saturated rings. The first kappa shape index (κ1) is 19.1. The first-order chi connectivity index (χ1) is 13.0. The van der Waals surface area contributed by atoms with Gasteiger partial charge in [0.05, 0.1) is 17.2 Å². The van der Waals surface area contributed by atoms with E-state index in [1.54, 1.807) is 43.3 Å². The number of fused-ring (bicyclic) bond motifs is 1. The Morgan fingerprint density at radius 3 is 2.44 bits per heavy atom. The Kier molecular flexibility index (Phi) is 5.88. The number of esters is 1. The van der Waals surface area contributed by atoms with Gasteiger partial charge < -0.3 is 10.1 Å². The number of rotatable bonds is 5. The first-order valence-electron chi connectivity index (χ1n) is 8.16. The van der Waals surface area contributed by atoms with Gasteiger partial charge in [-0.05, 0) is 36.8 Å². The zero-order chi connectivity index (χ0) is 19.4. The Labute approximate surface area is 165 Å². The van der Waals surface area contributed by atoms with Crippen LogP contribution in [0.3, 0.4) is 0 Å². The zero-order valence-electron chi connectivity index (χ0n) is 14.3. The van der Waals surface area contributed by atoms with Crippen molar-refractivity contribution in [2.45, 2.75) is 19.4 Å². The number of ether oxygens (including phenoxy) is 1. The van der Waals surface area contributed by atoms with Crippen molar-refractivity contribution in [2.75, 3.05) is 5.32 Å². The van der Waals surface area contributed by atoms with Crippen molar-refractivity contribution in [2.24, 2.45) is 0 Å². The molecule has 1 heterocycles. The Balaban J connectivity index is 1.72. The van der Waals surface area contributed by atoms with Crippen molar-refractivity contribution < 1.29 is 14.3 Å². The summed E-state index contributed by atoms with van der Waals surface area (Å²) in [7, 11) is 0. The minimum atomic E-state index is -0.997. The van der Waals surface area contributed by atoms with E-state index < -0.39 is 18.0 Å². The van der Waals surface area contributed by atoms with Gasteiger partial charge in [0.2, 0.25) is 0 Å². The molecule has 0 aliphatic carbocycles. The quantitative estimate of drug-likeness (QED) is 0.633. The molecule has 2 aromatic carbocycles. The Hall–Kier alpha value is -2.70. The van der Waals surface area contributed by atoms with Crippen molar-refractivity contribution in [1.82, 2.24) is 9.97 Å². The molecule has 0 spiro atoms. The number of para-hydroxylation sites is 2. The smallest absolute Gasteiger partial charge is 0.359 e. The normalized spacial score (nSPS) is 11.8. The Morgan fingerprint density at radius 2 is 1.78 bits per heavy atom. The van der Waals surface area contributed by atoms with Crippen LogP contribution < -0.4 is 5.32 Å². The van der Waals surface area contributed by atoms with E-state index in [-0.39, 0.29) is 12.1 Å². The highest BCUT2D eigenvalue weighted by molar-refractivity contribution is 6.35. The Morgan fingerprint density at radius 1 is 1.11 bits per heavy atom. The van der Waals surface area contributed by atoms with Crippen molar-refractivity contribution in [3.8, 4) is 0 Å². The molecule has 0 aliphatic rings. The van der Waals surface area contributed by atoms with E-state index in [9.17, 15) is 9.59 Å². The fourth-order valence-corrected chi connectivity index (χ4v) is 2.94. The summed E-state index contributed by atoms with van der Waals surface area (Å²) in [6.45, 7) is 1.73. The zero-order valence-corrected chi connectivity index (χ0v) is 15.8. The number of amides is 1. The molecule has 1 aromatic heterocycles. The van der Waals surface area contributed by atoms with Gasteiger partial charge in [-0.15, -0.1) is 0 Å². The number of halogens is 2. The molecule has 0 radical (unpaired) electrons. The van der Waals surface area contributed by atoms with E-state index in [0.29, 0.717) is 26.8 Å². The third-order valence-corrected chi connectivity index (χ3v) is 4.14. The minimum absolute atomic E-state index is 0.0331. The molecule has 1 unspecified atom stereocenters. The summed E-state index contributed by atoms with van der Waals surface area (Å²) in [5, 5.41) is 3.41. The van der Waals surface area contributed by atoms with Gasteiger partial charge >= 0.3 is 5.97 Å². The highest BCUT2D eigenvalue weighted by Gasteiger charge is 2.23. The third-order valence-electron chi connectivity index (χ3n) is 3.70. The molecule has 8 heteroatoms. The molecule has 0 saturated heterocycles. The second-order valence-corrected chi connectivity index (χ2v) is 6.57. The topological polar surface area (TPSA) is 81.2 Å². The standard InChI is InChI=1S/C19H15Cl2N3O3/c1-2-17(18(25)23-13-8-11(20)7-12(21)9-13)27-19(26)16-10-22-14-5-3-4-6-15(14)24-16/h3-10,17H,2H2,1H3,(H,23,25). The van der Waals surface area contributed by atoms with E-state index in [2.05, 4.69) is 15.3 Å². The highest BCUT2D eigenvalue weighted by Crippen LogP contribution is 2.23. The summed E-state index contributed by atoms with van der Waals surface area (Å²) in [4.78, 5) is 33.2. The summed E-state index contributed by atoms with van der Waals surface area (Å²) in [6, 6.07) is 11.8. The number of hydrogen-bond donors (Lipinski definition) is 1. The molecule has 0 bridgehead atoms. The van der Waals surface area contributed by atoms with Crippen molar-refractivity contribution in [1.29, 1.82) is 0 Å². The average Bonchev–Trinajstić information content (AvgIpc) is 2.64. The van der Waals surface area contributed by atoms with Gasteiger partial charge in [-0.25, -0.2) is 9.78 Å². The maximum atomic E-state index is 12.4. The van der Waals surface area contributed by atoms with Crippen LogP contribution in [0.4, 0.5) is 5.69 Å². The molecule has 0 saturated carbocycles.